The largest absolute Gasteiger partial charge is 0.462 e. The zero-order valence-electron chi connectivity index (χ0n) is 17.9. The normalized spacial score (nSPS) is 12.9. The molecule has 1 aromatic carbocycles. The van der Waals surface area contributed by atoms with Gasteiger partial charge < -0.3 is 10.1 Å². The van der Waals surface area contributed by atoms with Crippen LogP contribution in [0.5, 0.6) is 0 Å². The highest BCUT2D eigenvalue weighted by Crippen LogP contribution is 2.39. The van der Waals surface area contributed by atoms with E-state index in [-0.39, 0.29) is 30.2 Å². The van der Waals surface area contributed by atoms with Gasteiger partial charge in [-0.3, -0.25) is 4.79 Å². The Bertz CT molecular complexity index is 1120. The number of aryl methyl sites for hydroxylation is 1. The monoisotopic (exact) mass is 474 g/mol. The van der Waals surface area contributed by atoms with Crippen molar-refractivity contribution in [2.24, 2.45) is 0 Å². The summed E-state index contributed by atoms with van der Waals surface area (Å²) in [5.41, 5.74) is 1.67. The van der Waals surface area contributed by atoms with E-state index in [1.165, 1.54) is 52.1 Å². The van der Waals surface area contributed by atoms with Gasteiger partial charge in [-0.15, -0.1) is 24.5 Å². The minimum Gasteiger partial charge on any atom is -0.462 e. The Morgan fingerprint density at radius 1 is 1.16 bits per heavy atom. The summed E-state index contributed by atoms with van der Waals surface area (Å²) < 4.78 is 32.1. The smallest absolute Gasteiger partial charge is 0.341 e. The van der Waals surface area contributed by atoms with Gasteiger partial charge in [0.1, 0.15) is 5.00 Å². The van der Waals surface area contributed by atoms with Crippen LogP contribution in [-0.4, -0.2) is 44.3 Å². The lowest BCUT2D eigenvalue weighted by molar-refractivity contribution is 0.0527. The predicted octanol–water partition coefficient (Wildman–Crippen LogP) is 4.03. The summed E-state index contributed by atoms with van der Waals surface area (Å²) in [6.07, 6.45) is 5.65. The quantitative estimate of drug-likeness (QED) is 0.415. The Morgan fingerprint density at radius 2 is 1.81 bits per heavy atom. The van der Waals surface area contributed by atoms with Crippen molar-refractivity contribution in [2.75, 3.05) is 25.0 Å². The van der Waals surface area contributed by atoms with Crippen molar-refractivity contribution in [3.63, 3.8) is 0 Å². The Kier molecular flexibility index (Phi) is 7.65. The number of carbonyl (C=O) groups is 2. The van der Waals surface area contributed by atoms with Crippen molar-refractivity contribution in [3.8, 4) is 0 Å². The maximum absolute atomic E-state index is 12.8. The van der Waals surface area contributed by atoms with Gasteiger partial charge in [0.2, 0.25) is 10.0 Å². The summed E-state index contributed by atoms with van der Waals surface area (Å²) in [4.78, 5) is 26.5. The fourth-order valence-electron chi connectivity index (χ4n) is 3.57. The molecule has 0 radical (unpaired) electrons. The van der Waals surface area contributed by atoms with E-state index in [1.807, 2.05) is 0 Å². The first-order valence-corrected chi connectivity index (χ1v) is 12.5. The van der Waals surface area contributed by atoms with Gasteiger partial charge in [-0.05, 0) is 56.0 Å². The van der Waals surface area contributed by atoms with Crippen molar-refractivity contribution in [1.82, 2.24) is 4.31 Å². The highest BCUT2D eigenvalue weighted by molar-refractivity contribution is 7.89. The number of anilines is 1. The Morgan fingerprint density at radius 3 is 2.41 bits per heavy atom. The summed E-state index contributed by atoms with van der Waals surface area (Å²) in [6.45, 7) is 9.47. The number of hydrogen-bond donors (Lipinski definition) is 1. The number of esters is 1. The number of sulfonamides is 1. The molecule has 170 valence electrons. The average Bonchev–Trinajstić information content (AvgIpc) is 3.34. The molecule has 1 heterocycles. The second-order valence-corrected chi connectivity index (χ2v) is 10.2. The first-order valence-electron chi connectivity index (χ1n) is 10.3. The number of nitrogens with one attached hydrogen (secondary N) is 1. The van der Waals surface area contributed by atoms with Crippen molar-refractivity contribution in [3.05, 3.63) is 71.1 Å². The molecule has 0 atom stereocenters. The number of ether oxygens (including phenoxy) is 1. The summed E-state index contributed by atoms with van der Waals surface area (Å²) in [5.74, 6) is -0.860. The first kappa shape index (κ1) is 23.9. The van der Waals surface area contributed by atoms with Crippen molar-refractivity contribution in [1.29, 1.82) is 0 Å². The molecule has 0 unspecified atom stereocenters. The molecule has 7 nitrogen and oxygen atoms in total. The molecular weight excluding hydrogens is 448 g/mol. The summed E-state index contributed by atoms with van der Waals surface area (Å²) >= 11 is 1.39. The molecule has 1 aliphatic carbocycles. The molecule has 0 fully saturated rings. The number of rotatable bonds is 10. The molecule has 1 aliphatic rings. The van der Waals surface area contributed by atoms with Gasteiger partial charge in [0.15, 0.2) is 0 Å². The molecule has 0 aliphatic heterocycles. The van der Waals surface area contributed by atoms with Gasteiger partial charge in [0, 0.05) is 23.5 Å². The molecule has 32 heavy (non-hydrogen) atoms. The molecule has 3 rings (SSSR count). The van der Waals surface area contributed by atoms with E-state index >= 15 is 0 Å². The Balaban J connectivity index is 1.82. The average molecular weight is 475 g/mol. The standard InChI is InChI=1S/C23H26N2O5S2/c1-4-14-25(15-5-2)32(28,29)17-12-10-16(11-13-17)21(26)24-22-20(23(27)30-6-3)18-8-7-9-19(18)31-22/h4-5,10-13H,1-2,6-9,14-15H2,3H3,(H,24,26). The van der Waals surface area contributed by atoms with Gasteiger partial charge in [-0.1, -0.05) is 12.2 Å². The summed E-state index contributed by atoms with van der Waals surface area (Å²) in [6, 6.07) is 5.69. The minimum atomic E-state index is -3.75. The molecule has 0 saturated heterocycles. The molecule has 0 spiro atoms. The molecule has 1 amide bonds. The lowest BCUT2D eigenvalue weighted by Gasteiger charge is -2.19. The van der Waals surface area contributed by atoms with Crippen molar-refractivity contribution < 1.29 is 22.7 Å². The molecule has 2 aromatic rings. The summed E-state index contributed by atoms with van der Waals surface area (Å²) in [7, 11) is -3.75. The molecule has 0 saturated carbocycles. The second-order valence-electron chi connectivity index (χ2n) is 7.16. The molecule has 1 N–H and O–H groups in total. The SMILES string of the molecule is C=CCN(CC=C)S(=O)(=O)c1ccc(C(=O)Nc2sc3c(c2C(=O)OCC)CCC3)cc1. The van der Waals surface area contributed by atoms with Gasteiger partial charge in [0.25, 0.3) is 5.91 Å². The number of carbonyl (C=O) groups excluding carboxylic acids is 2. The zero-order chi connectivity index (χ0) is 23.3. The van der Waals surface area contributed by atoms with Crippen LogP contribution in [0.15, 0.2) is 54.5 Å². The maximum atomic E-state index is 12.8. The highest BCUT2D eigenvalue weighted by Gasteiger charge is 2.29. The van der Waals surface area contributed by atoms with E-state index in [0.717, 1.165) is 29.7 Å². The molecule has 1 aromatic heterocycles. The van der Waals surface area contributed by atoms with Crippen LogP contribution in [0.3, 0.4) is 0 Å². The number of nitrogens with zero attached hydrogens (tertiary/aromatic N) is 1. The van der Waals surface area contributed by atoms with E-state index in [0.29, 0.717) is 10.6 Å². The third-order valence-electron chi connectivity index (χ3n) is 5.05. The minimum absolute atomic E-state index is 0.0695. The summed E-state index contributed by atoms with van der Waals surface area (Å²) in [5, 5.41) is 3.28. The number of amides is 1. The molecule has 0 bridgehead atoms. The van der Waals surface area contributed by atoms with Crippen molar-refractivity contribution in [2.45, 2.75) is 31.1 Å². The maximum Gasteiger partial charge on any atom is 0.341 e. The van der Waals surface area contributed by atoms with Crippen LogP contribution < -0.4 is 5.32 Å². The van der Waals surface area contributed by atoms with E-state index in [4.69, 9.17) is 4.74 Å². The molecule has 9 heteroatoms. The fraction of sp³-hybridized carbons (Fsp3) is 0.304. The lowest BCUT2D eigenvalue weighted by atomic mass is 10.1. The zero-order valence-corrected chi connectivity index (χ0v) is 19.6. The number of hydrogen-bond acceptors (Lipinski definition) is 6. The third kappa shape index (κ3) is 4.85. The van der Waals surface area contributed by atoms with E-state index in [1.54, 1.807) is 6.92 Å². The van der Waals surface area contributed by atoms with E-state index in [2.05, 4.69) is 18.5 Å². The third-order valence-corrected chi connectivity index (χ3v) is 8.10. The van der Waals surface area contributed by atoms with Crippen LogP contribution in [0.2, 0.25) is 0 Å². The lowest BCUT2D eigenvalue weighted by Crippen LogP contribution is -2.31. The van der Waals surface area contributed by atoms with Crippen LogP contribution in [0, 0.1) is 0 Å². The van der Waals surface area contributed by atoms with E-state index in [9.17, 15) is 18.0 Å². The van der Waals surface area contributed by atoms with Crippen LogP contribution in [0.1, 0.15) is 44.5 Å². The Labute approximate surface area is 192 Å². The molecular formula is C23H26N2O5S2. The highest BCUT2D eigenvalue weighted by atomic mass is 32.2. The van der Waals surface area contributed by atoms with Gasteiger partial charge in [-0.2, -0.15) is 4.31 Å². The van der Waals surface area contributed by atoms with E-state index < -0.39 is 21.9 Å². The van der Waals surface area contributed by atoms with Gasteiger partial charge in [-0.25, -0.2) is 13.2 Å². The van der Waals surface area contributed by atoms with Crippen LogP contribution in [-0.2, 0) is 27.6 Å². The Hall–Kier alpha value is -2.75. The van der Waals surface area contributed by atoms with Gasteiger partial charge in [0.05, 0.1) is 17.1 Å². The van der Waals surface area contributed by atoms with Crippen LogP contribution in [0.4, 0.5) is 5.00 Å². The fourth-order valence-corrected chi connectivity index (χ4v) is 6.23. The number of benzene rings is 1. The van der Waals surface area contributed by atoms with Gasteiger partial charge >= 0.3 is 5.97 Å². The number of thiophene rings is 1. The van der Waals surface area contributed by atoms with Crippen LogP contribution in [0.25, 0.3) is 0 Å². The first-order chi connectivity index (χ1) is 15.3. The number of fused-ring (bicyclic) bond motifs is 1. The van der Waals surface area contributed by atoms with Crippen LogP contribution >= 0.6 is 11.3 Å². The second kappa shape index (κ2) is 10.2. The predicted molar refractivity (Wildman–Crippen MR) is 126 cm³/mol. The van der Waals surface area contributed by atoms with Crippen molar-refractivity contribution >= 4 is 38.2 Å². The topological polar surface area (TPSA) is 92.8 Å².